The summed E-state index contributed by atoms with van der Waals surface area (Å²) >= 11 is 0. The number of aliphatic hydroxyl groups excluding tert-OH is 22. The molecule has 614 valence electrons. The van der Waals surface area contributed by atoms with E-state index in [4.69, 9.17) is 71.1 Å². The average Bonchev–Trinajstić information content (AvgIpc) is 1.50. The van der Waals surface area contributed by atoms with Gasteiger partial charge in [-0.15, -0.1) is 0 Å². The second kappa shape index (κ2) is 33.7. The first-order valence-corrected chi connectivity index (χ1v) is 37.3. The first kappa shape index (κ1) is 83.9. The Hall–Kier alpha value is -1.52. The first-order valence-electron chi connectivity index (χ1n) is 37.3. The molecule has 8 heterocycles. The standard InChI is InChI=1S/C68H114O38/c1-22(19-92-59-49(85)44(80)41(77)33(15-69)97-59)8-11-68(91)23(2)38-32(106-68)13-28-26-7-6-25-12-31(29(73)14-67(25,5)27(26)9-10-66(28,38)4)96-65-58(105-62-51(87)43(79)39(75)24(3)95-62)54(90)56(36(18-72)100-65)103-64-53(89)47(83)57(37(101-64)21-94-60-50(86)45(81)42(78)34(16-70)98-60)104-63-52(88)46(82)55(35(17-71)99-63)102-61-48(84)40(76)30(74)20-93-61/h22-65,69-91H,6-21H2,1-5H3/t22-,23-,24-,25-,26+,27-,28+,29-,30+,31+,32-,33+,34+,35+,36+,37+,38-,39-,40-,41+,42+,43+,44-,45-,46+,47+,48+,49+,50+,51+,52+,53+,54-,55+,56+,57+,58+,59+,60+,61-,62-,63-,64-,65+,66-,67-,68-/m0/s1. The van der Waals surface area contributed by atoms with Crippen LogP contribution in [0.3, 0.4) is 0 Å². The quantitative estimate of drug-likeness (QED) is 0.0423. The van der Waals surface area contributed by atoms with E-state index in [1.165, 1.54) is 6.92 Å². The minimum Gasteiger partial charge on any atom is -0.394 e. The number of ether oxygens (including phenoxy) is 15. The molecule has 0 unspecified atom stereocenters. The van der Waals surface area contributed by atoms with Gasteiger partial charge in [0.25, 0.3) is 0 Å². The normalized spacial score (nSPS) is 55.9. The number of fused-ring (bicyclic) bond motifs is 7. The van der Waals surface area contributed by atoms with E-state index in [0.29, 0.717) is 12.8 Å². The van der Waals surface area contributed by atoms with Crippen molar-refractivity contribution >= 4 is 0 Å². The maximum absolute atomic E-state index is 12.7. The molecule has 8 saturated heterocycles. The van der Waals surface area contributed by atoms with Crippen LogP contribution in [0.2, 0.25) is 0 Å². The van der Waals surface area contributed by atoms with Gasteiger partial charge < -0.3 is 189 Å². The van der Waals surface area contributed by atoms with Crippen LogP contribution in [0.4, 0.5) is 0 Å². The van der Waals surface area contributed by atoms with E-state index in [-0.39, 0.29) is 72.4 Å². The fourth-order valence-electron chi connectivity index (χ4n) is 19.7. The predicted octanol–water partition coefficient (Wildman–Crippen LogP) is -9.84. The molecule has 0 aromatic rings. The Morgan fingerprint density at radius 1 is 0.434 bits per heavy atom. The zero-order valence-corrected chi connectivity index (χ0v) is 59.6. The Bertz CT molecular complexity index is 2810. The van der Waals surface area contributed by atoms with E-state index in [1.54, 1.807) is 0 Å². The maximum Gasteiger partial charge on any atom is 0.187 e. The number of rotatable bonds is 23. The highest BCUT2D eigenvalue weighted by Gasteiger charge is 2.69. The van der Waals surface area contributed by atoms with Crippen molar-refractivity contribution in [2.24, 2.45) is 52.3 Å². The van der Waals surface area contributed by atoms with Gasteiger partial charge in [-0.3, -0.25) is 0 Å². The zero-order chi connectivity index (χ0) is 76.8. The predicted molar refractivity (Wildman–Crippen MR) is 343 cm³/mol. The molecule has 0 spiro atoms. The highest BCUT2D eigenvalue weighted by molar-refractivity contribution is 5.16. The molecule has 12 aliphatic rings. The van der Waals surface area contributed by atoms with Crippen LogP contribution in [0.25, 0.3) is 0 Å². The Labute approximate surface area is 610 Å². The fourth-order valence-corrected chi connectivity index (χ4v) is 19.7. The van der Waals surface area contributed by atoms with E-state index < -0.39 is 272 Å². The Morgan fingerprint density at radius 3 is 1.53 bits per heavy atom. The third kappa shape index (κ3) is 15.8. The lowest BCUT2D eigenvalue weighted by Crippen LogP contribution is -2.68. The van der Waals surface area contributed by atoms with E-state index in [0.717, 1.165) is 32.1 Å². The Morgan fingerprint density at radius 2 is 0.925 bits per heavy atom. The van der Waals surface area contributed by atoms with Crippen molar-refractivity contribution < 1.29 is 189 Å². The zero-order valence-electron chi connectivity index (χ0n) is 59.6. The molecule has 0 aromatic carbocycles. The monoisotopic (exact) mass is 1540 g/mol. The minimum atomic E-state index is -2.29. The molecule has 23 N–H and O–H groups in total. The number of hydrogen-bond acceptors (Lipinski definition) is 38. The van der Waals surface area contributed by atoms with Crippen molar-refractivity contribution in [1.29, 1.82) is 0 Å². The van der Waals surface area contributed by atoms with Crippen LogP contribution in [0, 0.1) is 52.3 Å². The van der Waals surface area contributed by atoms with Gasteiger partial charge in [-0.05, 0) is 105 Å². The lowest BCUT2D eigenvalue weighted by atomic mass is 9.44. The van der Waals surface area contributed by atoms with Gasteiger partial charge in [0.05, 0.1) is 70.7 Å². The molecule has 4 saturated carbocycles. The number of hydrogen-bond donors (Lipinski definition) is 23. The lowest BCUT2D eigenvalue weighted by Gasteiger charge is -2.62. The Kier molecular flexibility index (Phi) is 26.7. The van der Waals surface area contributed by atoms with Crippen molar-refractivity contribution in [2.45, 2.75) is 325 Å². The summed E-state index contributed by atoms with van der Waals surface area (Å²) in [5.74, 6) is -1.22. The smallest absolute Gasteiger partial charge is 0.187 e. The summed E-state index contributed by atoms with van der Waals surface area (Å²) in [7, 11) is 0. The molecule has 0 radical (unpaired) electrons. The molecule has 12 rings (SSSR count). The van der Waals surface area contributed by atoms with Gasteiger partial charge >= 0.3 is 0 Å². The van der Waals surface area contributed by atoms with Crippen molar-refractivity contribution in [3.05, 3.63) is 0 Å². The molecule has 8 aliphatic heterocycles. The van der Waals surface area contributed by atoms with E-state index in [2.05, 4.69) is 13.8 Å². The van der Waals surface area contributed by atoms with E-state index in [9.17, 15) is 117 Å². The topological polar surface area (TPSA) is 604 Å². The fraction of sp³-hybridized carbons (Fsp3) is 1.00. The summed E-state index contributed by atoms with van der Waals surface area (Å²) in [5, 5.41) is 252. The van der Waals surface area contributed by atoms with Gasteiger partial charge in [0, 0.05) is 12.3 Å². The van der Waals surface area contributed by atoms with Crippen molar-refractivity contribution in [3.8, 4) is 0 Å². The van der Waals surface area contributed by atoms with Crippen molar-refractivity contribution in [1.82, 2.24) is 0 Å². The molecule has 38 heteroatoms. The van der Waals surface area contributed by atoms with Gasteiger partial charge in [-0.1, -0.05) is 27.7 Å². The summed E-state index contributed by atoms with van der Waals surface area (Å²) in [6, 6.07) is 0. The third-order valence-corrected chi connectivity index (χ3v) is 26.0. The average molecular weight is 1540 g/mol. The largest absolute Gasteiger partial charge is 0.394 e. The van der Waals surface area contributed by atoms with Crippen molar-refractivity contribution in [3.63, 3.8) is 0 Å². The molecular formula is C68H114O38. The number of aliphatic hydroxyl groups is 23. The molecule has 106 heavy (non-hydrogen) atoms. The summed E-state index contributed by atoms with van der Waals surface area (Å²) < 4.78 is 89.8. The summed E-state index contributed by atoms with van der Waals surface area (Å²) in [6.07, 6.45) is -58.5. The van der Waals surface area contributed by atoms with Crippen LogP contribution in [-0.4, -0.2) is 397 Å². The molecule has 0 bridgehead atoms. The van der Waals surface area contributed by atoms with Crippen LogP contribution in [-0.2, 0) is 71.1 Å². The van der Waals surface area contributed by atoms with Gasteiger partial charge in [-0.25, -0.2) is 0 Å². The molecule has 38 nitrogen and oxygen atoms in total. The van der Waals surface area contributed by atoms with Crippen LogP contribution < -0.4 is 0 Å². The van der Waals surface area contributed by atoms with Crippen molar-refractivity contribution in [2.75, 3.05) is 46.2 Å². The summed E-state index contributed by atoms with van der Waals surface area (Å²) in [5.41, 5.74) is -0.620. The highest BCUT2D eigenvalue weighted by Crippen LogP contribution is 2.71. The van der Waals surface area contributed by atoms with Gasteiger partial charge in [-0.2, -0.15) is 0 Å². The minimum absolute atomic E-state index is 0.0317. The summed E-state index contributed by atoms with van der Waals surface area (Å²) in [6.45, 7) is 5.02. The second-order valence-corrected chi connectivity index (χ2v) is 32.4. The second-order valence-electron chi connectivity index (χ2n) is 32.4. The maximum atomic E-state index is 12.7. The molecule has 12 fully saturated rings. The molecule has 47 atom stereocenters. The molecule has 0 aromatic heterocycles. The Balaban J connectivity index is 0.728. The van der Waals surface area contributed by atoms with Gasteiger partial charge in [0.2, 0.25) is 0 Å². The molecule has 0 amide bonds. The van der Waals surface area contributed by atoms with E-state index >= 15 is 0 Å². The lowest BCUT2D eigenvalue weighted by molar-refractivity contribution is -0.402. The van der Waals surface area contributed by atoms with Crippen LogP contribution in [0.5, 0.6) is 0 Å². The molecule has 4 aliphatic carbocycles. The van der Waals surface area contributed by atoms with Gasteiger partial charge in [0.1, 0.15) is 159 Å². The highest BCUT2D eigenvalue weighted by atomic mass is 16.8. The van der Waals surface area contributed by atoms with Gasteiger partial charge in [0.15, 0.2) is 49.8 Å². The molecular weight excluding hydrogens is 1420 g/mol. The first-order chi connectivity index (χ1) is 50.1. The van der Waals surface area contributed by atoms with Crippen LogP contribution in [0.1, 0.15) is 92.4 Å². The van der Waals surface area contributed by atoms with Crippen LogP contribution in [0.15, 0.2) is 0 Å². The summed E-state index contributed by atoms with van der Waals surface area (Å²) in [4.78, 5) is 0. The van der Waals surface area contributed by atoms with E-state index in [1.807, 2.05) is 13.8 Å². The third-order valence-electron chi connectivity index (χ3n) is 26.0. The SMILES string of the molecule is C[C@@H](CC[C@]1(O)O[C@H]2C[C@@H]3[C@@H]4CC[C@H]5C[C@@H](O[C@@H]6O[C@H](CO)[C@@H](O[C@@H]7O[C@H](CO[C@@H]8O[C@H](CO)[C@@H](O)[C@H](O)[C@H]8O)[C@@H](O[C@@H]8O[C@H](CO)[C@@H](O[C@@H]9OC[C@@H](O)[C@H](O)[C@H]9O)[C@H](O)[C@H]8O)[C@H](O)[C@H]7O)[C@H](O)[C@H]6O[C@@H]6O[C@@H](C)[C@H](O)[C@@H](O)[C@H]6O)[C@@H](O)C[C@]5(C)[C@H]4CC[C@]3(C)[C@H]2[C@@H]1C)CO[C@@H]1O[C@H](CO)[C@@H](O)[C@H](O)[C@H]1O. The van der Waals surface area contributed by atoms with Crippen LogP contribution >= 0.6 is 0 Å².